The molecule has 2 aromatic carbocycles. The number of aryl methyl sites for hydroxylation is 2. The Balaban J connectivity index is 1.46. The van der Waals surface area contributed by atoms with Gasteiger partial charge in [-0.1, -0.05) is 42.5 Å². The predicted octanol–water partition coefficient (Wildman–Crippen LogP) is 4.42. The number of pyridine rings is 1. The summed E-state index contributed by atoms with van der Waals surface area (Å²) in [5.41, 5.74) is 6.82. The summed E-state index contributed by atoms with van der Waals surface area (Å²) in [5, 5.41) is 2.92. The van der Waals surface area contributed by atoms with Gasteiger partial charge in [0.2, 0.25) is 5.91 Å². The maximum Gasteiger partial charge on any atom is 0.228 e. The summed E-state index contributed by atoms with van der Waals surface area (Å²) < 4.78 is 0. The number of nitrogens with one attached hydrogen (secondary N) is 1. The Kier molecular flexibility index (Phi) is 4.30. The first-order chi connectivity index (χ1) is 12.3. The average Bonchev–Trinajstić information content (AvgIpc) is 3.02. The second kappa shape index (κ2) is 6.89. The van der Waals surface area contributed by atoms with Crippen molar-refractivity contribution in [2.24, 2.45) is 0 Å². The third-order valence-corrected chi connectivity index (χ3v) is 4.64. The van der Waals surface area contributed by atoms with E-state index in [1.54, 1.807) is 0 Å². The van der Waals surface area contributed by atoms with Crippen molar-refractivity contribution >= 4 is 11.6 Å². The molecule has 4 rings (SSSR count). The molecule has 1 N–H and O–H groups in total. The molecule has 0 saturated heterocycles. The van der Waals surface area contributed by atoms with Crippen LogP contribution in [-0.4, -0.2) is 10.9 Å². The standard InChI is InChI=1S/C22H20N2O/c25-22-13-19-10-9-18(12-21(19)24-22)20-11-17(14-23-15-20)8-4-7-16-5-2-1-3-6-16/h1-3,5-6,9-12,14-15H,4,7-8,13H2,(H,24,25). The minimum Gasteiger partial charge on any atom is -0.326 e. The number of carbonyl (C=O) groups is 1. The smallest absolute Gasteiger partial charge is 0.228 e. The monoisotopic (exact) mass is 328 g/mol. The van der Waals surface area contributed by atoms with Crippen LogP contribution in [0.5, 0.6) is 0 Å². The van der Waals surface area contributed by atoms with Crippen LogP contribution in [0.4, 0.5) is 5.69 Å². The number of amides is 1. The zero-order valence-corrected chi connectivity index (χ0v) is 14.0. The van der Waals surface area contributed by atoms with E-state index in [9.17, 15) is 4.79 Å². The van der Waals surface area contributed by atoms with E-state index in [4.69, 9.17) is 0 Å². The van der Waals surface area contributed by atoms with Crippen molar-refractivity contribution in [2.45, 2.75) is 25.7 Å². The topological polar surface area (TPSA) is 42.0 Å². The van der Waals surface area contributed by atoms with E-state index in [-0.39, 0.29) is 5.91 Å². The van der Waals surface area contributed by atoms with Crippen LogP contribution in [0.1, 0.15) is 23.1 Å². The van der Waals surface area contributed by atoms with Crippen molar-refractivity contribution in [3.05, 3.63) is 83.7 Å². The van der Waals surface area contributed by atoms with E-state index in [1.807, 2.05) is 24.5 Å². The van der Waals surface area contributed by atoms with Gasteiger partial charge < -0.3 is 5.32 Å². The summed E-state index contributed by atoms with van der Waals surface area (Å²) >= 11 is 0. The van der Waals surface area contributed by atoms with Crippen molar-refractivity contribution in [3.63, 3.8) is 0 Å². The van der Waals surface area contributed by atoms with Crippen LogP contribution in [0.15, 0.2) is 67.0 Å². The van der Waals surface area contributed by atoms with Crippen LogP contribution in [-0.2, 0) is 24.1 Å². The fourth-order valence-corrected chi connectivity index (χ4v) is 3.32. The molecule has 124 valence electrons. The highest BCUT2D eigenvalue weighted by atomic mass is 16.1. The van der Waals surface area contributed by atoms with E-state index in [1.165, 1.54) is 11.1 Å². The minimum atomic E-state index is 0.0694. The molecule has 3 aromatic rings. The fraction of sp³-hybridized carbons (Fsp3) is 0.182. The van der Waals surface area contributed by atoms with Gasteiger partial charge in [0.05, 0.1) is 6.42 Å². The van der Waals surface area contributed by atoms with Crippen LogP contribution >= 0.6 is 0 Å². The van der Waals surface area contributed by atoms with Gasteiger partial charge in [-0.3, -0.25) is 9.78 Å². The molecule has 1 aliphatic heterocycles. The number of fused-ring (bicyclic) bond motifs is 1. The van der Waals surface area contributed by atoms with Gasteiger partial charge in [0, 0.05) is 23.6 Å². The van der Waals surface area contributed by atoms with Crippen molar-refractivity contribution in [1.29, 1.82) is 0 Å². The van der Waals surface area contributed by atoms with Crippen LogP contribution in [0, 0.1) is 0 Å². The molecule has 1 amide bonds. The summed E-state index contributed by atoms with van der Waals surface area (Å²) in [6, 6.07) is 18.9. The van der Waals surface area contributed by atoms with E-state index < -0.39 is 0 Å². The highest BCUT2D eigenvalue weighted by molar-refractivity contribution is 5.99. The molecule has 3 heteroatoms. The second-order valence-corrected chi connectivity index (χ2v) is 6.52. The van der Waals surface area contributed by atoms with Gasteiger partial charge in [-0.15, -0.1) is 0 Å². The Morgan fingerprint density at radius 3 is 2.60 bits per heavy atom. The molecule has 0 radical (unpaired) electrons. The molecule has 0 bridgehead atoms. The summed E-state index contributed by atoms with van der Waals surface area (Å²) in [6.45, 7) is 0. The van der Waals surface area contributed by atoms with Gasteiger partial charge in [-0.05, 0) is 53.6 Å². The Morgan fingerprint density at radius 1 is 0.880 bits per heavy atom. The number of benzene rings is 2. The molecule has 3 nitrogen and oxygen atoms in total. The van der Waals surface area contributed by atoms with Gasteiger partial charge >= 0.3 is 0 Å². The molecule has 0 unspecified atom stereocenters. The van der Waals surface area contributed by atoms with E-state index in [2.05, 4.69) is 52.8 Å². The number of carbonyl (C=O) groups excluding carboxylic acids is 1. The quantitative estimate of drug-likeness (QED) is 0.753. The van der Waals surface area contributed by atoms with E-state index >= 15 is 0 Å². The SMILES string of the molecule is O=C1Cc2ccc(-c3cncc(CCCc4ccccc4)c3)cc2N1. The summed E-state index contributed by atoms with van der Waals surface area (Å²) in [4.78, 5) is 15.9. The Bertz CT molecular complexity index is 903. The normalized spacial score (nSPS) is 12.7. The lowest BCUT2D eigenvalue weighted by molar-refractivity contribution is -0.115. The van der Waals surface area contributed by atoms with E-state index in [0.717, 1.165) is 41.6 Å². The zero-order chi connectivity index (χ0) is 17.1. The lowest BCUT2D eigenvalue weighted by atomic mass is 10.0. The van der Waals surface area contributed by atoms with Crippen molar-refractivity contribution in [3.8, 4) is 11.1 Å². The predicted molar refractivity (Wildman–Crippen MR) is 100 cm³/mol. The summed E-state index contributed by atoms with van der Waals surface area (Å²) in [7, 11) is 0. The first kappa shape index (κ1) is 15.6. The number of hydrogen-bond acceptors (Lipinski definition) is 2. The number of rotatable bonds is 5. The molecule has 1 aliphatic rings. The van der Waals surface area contributed by atoms with Gasteiger partial charge in [0.25, 0.3) is 0 Å². The number of nitrogens with zero attached hydrogens (tertiary/aromatic N) is 1. The van der Waals surface area contributed by atoms with Gasteiger partial charge in [-0.2, -0.15) is 0 Å². The summed E-state index contributed by atoms with van der Waals surface area (Å²) in [5.74, 6) is 0.0694. The van der Waals surface area contributed by atoms with Crippen molar-refractivity contribution in [1.82, 2.24) is 4.98 Å². The average molecular weight is 328 g/mol. The first-order valence-electron chi connectivity index (χ1n) is 8.69. The largest absolute Gasteiger partial charge is 0.326 e. The molecule has 1 aromatic heterocycles. The maximum absolute atomic E-state index is 11.5. The van der Waals surface area contributed by atoms with Crippen molar-refractivity contribution in [2.75, 3.05) is 5.32 Å². The molecule has 0 spiro atoms. The molecular weight excluding hydrogens is 308 g/mol. The summed E-state index contributed by atoms with van der Waals surface area (Å²) in [6.07, 6.45) is 7.51. The molecule has 2 heterocycles. The van der Waals surface area contributed by atoms with Crippen molar-refractivity contribution < 1.29 is 4.79 Å². The highest BCUT2D eigenvalue weighted by Gasteiger charge is 2.17. The number of hydrogen-bond donors (Lipinski definition) is 1. The van der Waals surface area contributed by atoms with Gasteiger partial charge in [0.15, 0.2) is 0 Å². The molecule has 0 atom stereocenters. The van der Waals surface area contributed by atoms with Gasteiger partial charge in [0.1, 0.15) is 0 Å². The lowest BCUT2D eigenvalue weighted by Gasteiger charge is -2.07. The Morgan fingerprint density at radius 2 is 1.72 bits per heavy atom. The molecule has 0 fully saturated rings. The third-order valence-electron chi connectivity index (χ3n) is 4.64. The highest BCUT2D eigenvalue weighted by Crippen LogP contribution is 2.29. The van der Waals surface area contributed by atoms with Crippen LogP contribution in [0.2, 0.25) is 0 Å². The van der Waals surface area contributed by atoms with Crippen LogP contribution in [0.3, 0.4) is 0 Å². The Hall–Kier alpha value is -2.94. The molecular formula is C22H20N2O. The molecule has 0 saturated carbocycles. The van der Waals surface area contributed by atoms with Crippen LogP contribution in [0.25, 0.3) is 11.1 Å². The maximum atomic E-state index is 11.5. The minimum absolute atomic E-state index is 0.0694. The van der Waals surface area contributed by atoms with Crippen LogP contribution < -0.4 is 5.32 Å². The number of anilines is 1. The first-order valence-corrected chi connectivity index (χ1v) is 8.69. The molecule has 0 aliphatic carbocycles. The van der Waals surface area contributed by atoms with E-state index in [0.29, 0.717) is 6.42 Å². The third kappa shape index (κ3) is 3.61. The fourth-order valence-electron chi connectivity index (χ4n) is 3.32. The molecule has 25 heavy (non-hydrogen) atoms. The number of aromatic nitrogens is 1. The Labute approximate surface area is 147 Å². The van der Waals surface area contributed by atoms with Gasteiger partial charge in [-0.25, -0.2) is 0 Å². The zero-order valence-electron chi connectivity index (χ0n) is 14.0. The lowest BCUT2D eigenvalue weighted by Crippen LogP contribution is -2.03. The second-order valence-electron chi connectivity index (χ2n) is 6.52.